The average Bonchev–Trinajstić information content (AvgIpc) is 2.46. The molecular weight excluding hydrogens is 236 g/mol. The largest absolute Gasteiger partial charge is 0.464 e. The van der Waals surface area contributed by atoms with E-state index in [4.69, 9.17) is 5.11 Å². The maximum Gasteiger partial charge on any atom is 0.416 e. The van der Waals surface area contributed by atoms with Gasteiger partial charge in [-0.15, -0.1) is 0 Å². The highest BCUT2D eigenvalue weighted by atomic mass is 79.9. The lowest BCUT2D eigenvalue weighted by atomic mass is 10.4. The van der Waals surface area contributed by atoms with Gasteiger partial charge in [-0.1, -0.05) is 0 Å². The second kappa shape index (κ2) is 2.85. The molecule has 0 aliphatic rings. The van der Waals surface area contributed by atoms with Crippen LogP contribution in [0.3, 0.4) is 0 Å². The summed E-state index contributed by atoms with van der Waals surface area (Å²) in [6, 6.07) is 3.38. The number of fused-ring (bicyclic) bond motifs is 1. The molecule has 1 N–H and O–H groups in total. The highest BCUT2D eigenvalue weighted by molar-refractivity contribution is 9.10. The van der Waals surface area contributed by atoms with Crippen LogP contribution in [0.25, 0.3) is 11.0 Å². The Bertz CT molecular complexity index is 478. The predicted molar refractivity (Wildman–Crippen MR) is 50.9 cm³/mol. The molecule has 0 unspecified atom stereocenters. The molecule has 0 atom stereocenters. The molecule has 0 saturated heterocycles. The first-order chi connectivity index (χ1) is 6.18. The molecule has 0 radical (unpaired) electrons. The van der Waals surface area contributed by atoms with Crippen LogP contribution in [0.15, 0.2) is 29.0 Å². The number of nitrogens with zero attached hydrogens (tertiary/aromatic N) is 2. The SMILES string of the molecule is O=C(O)n1ccc2ncc(Br)cc21. The number of carbonyl (C=O) groups is 1. The van der Waals surface area contributed by atoms with Gasteiger partial charge in [-0.3, -0.25) is 9.55 Å². The fourth-order valence-electron chi connectivity index (χ4n) is 1.15. The molecule has 0 bridgehead atoms. The fourth-order valence-corrected chi connectivity index (χ4v) is 1.47. The summed E-state index contributed by atoms with van der Waals surface area (Å²) >= 11 is 3.23. The van der Waals surface area contributed by atoms with E-state index in [0.717, 1.165) is 9.04 Å². The molecule has 0 aliphatic carbocycles. The number of hydrogen-bond donors (Lipinski definition) is 1. The molecular formula is C8H5BrN2O2. The van der Waals surface area contributed by atoms with Gasteiger partial charge in [0.25, 0.3) is 0 Å². The van der Waals surface area contributed by atoms with Crippen molar-refractivity contribution in [3.8, 4) is 0 Å². The van der Waals surface area contributed by atoms with Gasteiger partial charge in [0.1, 0.15) is 0 Å². The standard InChI is InChI=1S/C8H5BrN2O2/c9-5-3-7-6(10-4-5)1-2-11(7)8(12)13/h1-4H,(H,12,13). The van der Waals surface area contributed by atoms with Gasteiger partial charge in [0.2, 0.25) is 0 Å². The van der Waals surface area contributed by atoms with E-state index in [9.17, 15) is 4.79 Å². The van der Waals surface area contributed by atoms with Crippen LogP contribution < -0.4 is 0 Å². The summed E-state index contributed by atoms with van der Waals surface area (Å²) in [7, 11) is 0. The highest BCUT2D eigenvalue weighted by Crippen LogP contribution is 2.17. The van der Waals surface area contributed by atoms with Crippen molar-refractivity contribution in [2.75, 3.05) is 0 Å². The van der Waals surface area contributed by atoms with Crippen molar-refractivity contribution in [3.63, 3.8) is 0 Å². The van der Waals surface area contributed by atoms with Crippen molar-refractivity contribution in [1.29, 1.82) is 0 Å². The van der Waals surface area contributed by atoms with Gasteiger partial charge in [0.15, 0.2) is 0 Å². The second-order valence-electron chi connectivity index (χ2n) is 2.53. The van der Waals surface area contributed by atoms with Crippen LogP contribution in [0.5, 0.6) is 0 Å². The minimum atomic E-state index is -1.00. The molecule has 0 saturated carbocycles. The topological polar surface area (TPSA) is 55.1 Å². The fraction of sp³-hybridized carbons (Fsp3) is 0. The van der Waals surface area contributed by atoms with Crippen molar-refractivity contribution in [3.05, 3.63) is 29.0 Å². The van der Waals surface area contributed by atoms with E-state index < -0.39 is 6.09 Å². The van der Waals surface area contributed by atoms with Crippen LogP contribution in [0.2, 0.25) is 0 Å². The lowest BCUT2D eigenvalue weighted by Gasteiger charge is -1.96. The van der Waals surface area contributed by atoms with Crippen molar-refractivity contribution in [2.45, 2.75) is 0 Å². The first kappa shape index (κ1) is 8.25. The number of hydrogen-bond acceptors (Lipinski definition) is 2. The van der Waals surface area contributed by atoms with Gasteiger partial charge in [-0.2, -0.15) is 0 Å². The predicted octanol–water partition coefficient (Wildman–Crippen LogP) is 2.32. The van der Waals surface area contributed by atoms with Crippen LogP contribution in [0.1, 0.15) is 0 Å². The van der Waals surface area contributed by atoms with Crippen molar-refractivity contribution < 1.29 is 9.90 Å². The zero-order valence-electron chi connectivity index (χ0n) is 6.44. The molecule has 2 rings (SSSR count). The minimum absolute atomic E-state index is 0.585. The summed E-state index contributed by atoms with van der Waals surface area (Å²) in [4.78, 5) is 14.8. The Hall–Kier alpha value is -1.36. The molecule has 0 spiro atoms. The molecule has 4 nitrogen and oxygen atoms in total. The number of pyridine rings is 1. The molecule has 0 amide bonds. The van der Waals surface area contributed by atoms with Gasteiger partial charge >= 0.3 is 6.09 Å². The third kappa shape index (κ3) is 1.31. The van der Waals surface area contributed by atoms with Crippen LogP contribution in [0, 0.1) is 0 Å². The molecule has 0 aliphatic heterocycles. The Labute approximate surface area is 81.9 Å². The first-order valence-electron chi connectivity index (χ1n) is 3.54. The monoisotopic (exact) mass is 240 g/mol. The summed E-state index contributed by atoms with van der Waals surface area (Å²) in [6.45, 7) is 0. The van der Waals surface area contributed by atoms with Crippen LogP contribution >= 0.6 is 15.9 Å². The Morgan fingerprint density at radius 2 is 2.38 bits per heavy atom. The lowest BCUT2D eigenvalue weighted by Crippen LogP contribution is -2.05. The smallest absolute Gasteiger partial charge is 0.416 e. The summed E-state index contributed by atoms with van der Waals surface area (Å²) in [5.41, 5.74) is 1.26. The number of halogens is 1. The minimum Gasteiger partial charge on any atom is -0.464 e. The lowest BCUT2D eigenvalue weighted by molar-refractivity contribution is 0.197. The van der Waals surface area contributed by atoms with E-state index in [0.29, 0.717) is 11.0 Å². The highest BCUT2D eigenvalue weighted by Gasteiger charge is 2.07. The second-order valence-corrected chi connectivity index (χ2v) is 3.44. The molecule has 0 aromatic carbocycles. The van der Waals surface area contributed by atoms with Crippen LogP contribution in [0.4, 0.5) is 4.79 Å². The van der Waals surface area contributed by atoms with Crippen LogP contribution in [-0.2, 0) is 0 Å². The summed E-state index contributed by atoms with van der Waals surface area (Å²) in [6.07, 6.45) is 2.11. The Morgan fingerprint density at radius 3 is 3.08 bits per heavy atom. The van der Waals surface area contributed by atoms with Gasteiger partial charge in [-0.25, -0.2) is 4.79 Å². The van der Waals surface area contributed by atoms with E-state index in [1.165, 1.54) is 6.20 Å². The number of rotatable bonds is 0. The van der Waals surface area contributed by atoms with Crippen molar-refractivity contribution >= 4 is 33.1 Å². The number of carboxylic acid groups (broad SMARTS) is 1. The van der Waals surface area contributed by atoms with E-state index in [2.05, 4.69) is 20.9 Å². The Kier molecular flexibility index (Phi) is 1.81. The quantitative estimate of drug-likeness (QED) is 0.769. The molecule has 0 fully saturated rings. The van der Waals surface area contributed by atoms with Crippen molar-refractivity contribution in [1.82, 2.24) is 9.55 Å². The zero-order valence-corrected chi connectivity index (χ0v) is 8.02. The van der Waals surface area contributed by atoms with Crippen molar-refractivity contribution in [2.24, 2.45) is 0 Å². The molecule has 66 valence electrons. The third-order valence-electron chi connectivity index (χ3n) is 1.71. The van der Waals surface area contributed by atoms with Gasteiger partial charge in [-0.05, 0) is 28.1 Å². The van der Waals surface area contributed by atoms with E-state index in [1.54, 1.807) is 18.3 Å². The third-order valence-corrected chi connectivity index (χ3v) is 2.14. The van der Waals surface area contributed by atoms with E-state index in [1.807, 2.05) is 0 Å². The maximum atomic E-state index is 10.7. The van der Waals surface area contributed by atoms with Gasteiger partial charge in [0, 0.05) is 16.9 Å². The van der Waals surface area contributed by atoms with E-state index in [-0.39, 0.29) is 0 Å². The molecule has 13 heavy (non-hydrogen) atoms. The Morgan fingerprint density at radius 1 is 1.62 bits per heavy atom. The summed E-state index contributed by atoms with van der Waals surface area (Å²) in [5.74, 6) is 0. The zero-order chi connectivity index (χ0) is 9.42. The maximum absolute atomic E-state index is 10.7. The normalized spacial score (nSPS) is 10.5. The average molecular weight is 241 g/mol. The summed E-state index contributed by atoms with van der Waals surface area (Å²) < 4.78 is 1.90. The first-order valence-corrected chi connectivity index (χ1v) is 4.33. The molecule has 2 aromatic rings. The Balaban J connectivity index is 2.79. The van der Waals surface area contributed by atoms with Gasteiger partial charge < -0.3 is 5.11 Å². The molecule has 2 aromatic heterocycles. The molecule has 5 heteroatoms. The van der Waals surface area contributed by atoms with Crippen LogP contribution in [-0.4, -0.2) is 20.8 Å². The molecule has 2 heterocycles. The van der Waals surface area contributed by atoms with E-state index >= 15 is 0 Å². The summed E-state index contributed by atoms with van der Waals surface area (Å²) in [5, 5.41) is 8.78. The van der Waals surface area contributed by atoms with Gasteiger partial charge in [0.05, 0.1) is 11.0 Å². The number of aromatic nitrogens is 2.